The Morgan fingerprint density at radius 1 is 1.38 bits per heavy atom. The molecule has 0 aromatic heterocycles. The van der Waals surface area contributed by atoms with E-state index in [4.69, 9.17) is 0 Å². The monoisotopic (exact) mass is 252 g/mol. The minimum absolute atomic E-state index is 0. The molecule has 0 saturated carbocycles. The standard InChI is InChI=1S/C9H11N.C2H6.Y/c1-4-7-8-9(5-2)10-6-3;1-2;/h4-5,7H,2H2,1,3H3;1-2H3;/q-2;;/b7-4-;;. The quantitative estimate of drug-likeness (QED) is 0.414. The van der Waals surface area contributed by atoms with E-state index in [-0.39, 0.29) is 32.7 Å². The van der Waals surface area contributed by atoms with Crippen molar-refractivity contribution in [3.8, 4) is 0 Å². The van der Waals surface area contributed by atoms with Crippen LogP contribution in [-0.2, 0) is 32.7 Å². The summed E-state index contributed by atoms with van der Waals surface area (Å²) >= 11 is 0. The van der Waals surface area contributed by atoms with Crippen molar-refractivity contribution in [2.75, 3.05) is 0 Å². The van der Waals surface area contributed by atoms with Crippen LogP contribution in [0.25, 0.3) is 0 Å². The molecule has 0 unspecified atom stereocenters. The maximum Gasteiger partial charge on any atom is 0 e. The van der Waals surface area contributed by atoms with Crippen LogP contribution in [0, 0.1) is 6.08 Å². The summed E-state index contributed by atoms with van der Waals surface area (Å²) in [6.07, 6.45) is 10.9. The van der Waals surface area contributed by atoms with Crippen LogP contribution in [-0.4, -0.2) is 6.21 Å². The topological polar surface area (TPSA) is 12.4 Å². The van der Waals surface area contributed by atoms with Crippen LogP contribution in [0.5, 0.6) is 0 Å². The van der Waals surface area contributed by atoms with Crippen LogP contribution in [0.15, 0.2) is 35.5 Å². The molecule has 0 aliphatic carbocycles. The Labute approximate surface area is 108 Å². The van der Waals surface area contributed by atoms with Gasteiger partial charge in [-0.1, -0.05) is 20.8 Å². The SMILES string of the molecule is C=CC(=[C-]/C=C\C)N=[C-]C.CC.[Y]. The molecule has 0 rings (SSSR count). The molecule has 13 heavy (non-hydrogen) atoms. The Hall–Kier alpha value is -0.00610. The molecule has 0 fully saturated rings. The van der Waals surface area contributed by atoms with Gasteiger partial charge in [0.25, 0.3) is 0 Å². The Kier molecular flexibility index (Phi) is 25.8. The second-order valence-electron chi connectivity index (χ2n) is 1.57. The summed E-state index contributed by atoms with van der Waals surface area (Å²) < 4.78 is 0. The molecule has 0 N–H and O–H groups in total. The average Bonchev–Trinajstić information content (AvgIpc) is 2.15. The van der Waals surface area contributed by atoms with Crippen molar-refractivity contribution in [2.45, 2.75) is 27.7 Å². The van der Waals surface area contributed by atoms with Gasteiger partial charge in [-0.15, -0.1) is 6.92 Å². The summed E-state index contributed by atoms with van der Waals surface area (Å²) in [5.74, 6) is 0. The molecule has 0 aliphatic rings. The number of nitrogens with zero attached hydrogens (tertiary/aromatic N) is 1. The van der Waals surface area contributed by atoms with Gasteiger partial charge in [-0.05, 0) is 0 Å². The van der Waals surface area contributed by atoms with E-state index >= 15 is 0 Å². The Bertz CT molecular complexity index is 179. The summed E-state index contributed by atoms with van der Waals surface area (Å²) in [6.45, 7) is 11.2. The molecule has 71 valence electrons. The smallest absolute Gasteiger partial charge is 0 e. The molecule has 2 heteroatoms. The zero-order valence-electron chi connectivity index (χ0n) is 8.96. The second-order valence-corrected chi connectivity index (χ2v) is 1.57. The van der Waals surface area contributed by atoms with Gasteiger partial charge in [-0.3, -0.25) is 6.08 Å². The van der Waals surface area contributed by atoms with E-state index in [0.717, 1.165) is 0 Å². The molecular formula is C11H17NY-2. The molecule has 0 spiro atoms. The number of allylic oxidation sites excluding steroid dienone is 4. The molecule has 0 aromatic rings. The first kappa shape index (κ1) is 18.7. The van der Waals surface area contributed by atoms with Crippen LogP contribution >= 0.6 is 0 Å². The molecule has 0 bridgehead atoms. The predicted octanol–water partition coefficient (Wildman–Crippen LogP) is 3.43. The van der Waals surface area contributed by atoms with E-state index in [0.29, 0.717) is 5.70 Å². The van der Waals surface area contributed by atoms with Gasteiger partial charge in [0.1, 0.15) is 0 Å². The fourth-order valence-electron chi connectivity index (χ4n) is 0.426. The Balaban J connectivity index is -0.000000309. The minimum Gasteiger partial charge on any atom is -0.482 e. The van der Waals surface area contributed by atoms with Crippen LogP contribution in [0.4, 0.5) is 0 Å². The summed E-state index contributed by atoms with van der Waals surface area (Å²) in [4.78, 5) is 3.87. The summed E-state index contributed by atoms with van der Waals surface area (Å²) in [6, 6.07) is 0. The zero-order valence-corrected chi connectivity index (χ0v) is 11.8. The Morgan fingerprint density at radius 3 is 2.23 bits per heavy atom. The Morgan fingerprint density at radius 2 is 1.92 bits per heavy atom. The van der Waals surface area contributed by atoms with Gasteiger partial charge in [0.05, 0.1) is 0 Å². The van der Waals surface area contributed by atoms with E-state index in [2.05, 4.69) is 23.9 Å². The number of rotatable bonds is 3. The molecule has 1 nitrogen and oxygen atoms in total. The van der Waals surface area contributed by atoms with E-state index in [1.807, 2.05) is 26.8 Å². The van der Waals surface area contributed by atoms with Crippen LogP contribution in [0.3, 0.4) is 0 Å². The second kappa shape index (κ2) is 17.9. The molecule has 0 saturated heterocycles. The van der Waals surface area contributed by atoms with E-state index < -0.39 is 0 Å². The van der Waals surface area contributed by atoms with Gasteiger partial charge >= 0.3 is 0 Å². The fourth-order valence-corrected chi connectivity index (χ4v) is 0.426. The van der Waals surface area contributed by atoms with E-state index in [9.17, 15) is 0 Å². The summed E-state index contributed by atoms with van der Waals surface area (Å²) in [7, 11) is 0. The third-order valence-corrected chi connectivity index (χ3v) is 0.823. The van der Waals surface area contributed by atoms with Gasteiger partial charge < -0.3 is 4.99 Å². The molecular weight excluding hydrogens is 235 g/mol. The third-order valence-electron chi connectivity index (χ3n) is 0.823. The van der Waals surface area contributed by atoms with Crippen molar-refractivity contribution in [1.82, 2.24) is 0 Å². The maximum atomic E-state index is 3.87. The molecule has 0 aliphatic heterocycles. The van der Waals surface area contributed by atoms with Crippen molar-refractivity contribution in [2.24, 2.45) is 4.99 Å². The van der Waals surface area contributed by atoms with Crippen molar-refractivity contribution in [3.05, 3.63) is 36.6 Å². The largest absolute Gasteiger partial charge is 0.482 e. The predicted molar refractivity (Wildman–Crippen MR) is 56.2 cm³/mol. The zero-order chi connectivity index (χ0) is 9.82. The fraction of sp³-hybridized carbons (Fsp3) is 0.364. The van der Waals surface area contributed by atoms with Gasteiger partial charge in [0.15, 0.2) is 0 Å². The first-order valence-corrected chi connectivity index (χ1v) is 4.09. The number of aliphatic imine (C=N–C) groups is 1. The summed E-state index contributed by atoms with van der Waals surface area (Å²) in [5, 5.41) is 0. The minimum atomic E-state index is 0. The first-order chi connectivity index (χ1) is 5.85. The molecule has 0 amide bonds. The van der Waals surface area contributed by atoms with Crippen LogP contribution in [0.1, 0.15) is 27.7 Å². The molecule has 0 aromatic carbocycles. The molecule has 0 heterocycles. The van der Waals surface area contributed by atoms with E-state index in [1.165, 1.54) is 0 Å². The van der Waals surface area contributed by atoms with Crippen molar-refractivity contribution in [3.63, 3.8) is 0 Å². The van der Waals surface area contributed by atoms with Crippen molar-refractivity contribution in [1.29, 1.82) is 0 Å². The van der Waals surface area contributed by atoms with Gasteiger partial charge in [-0.25, -0.2) is 11.8 Å². The van der Waals surface area contributed by atoms with E-state index in [1.54, 1.807) is 19.1 Å². The van der Waals surface area contributed by atoms with Gasteiger partial charge in [0.2, 0.25) is 0 Å². The third kappa shape index (κ3) is 14.8. The molecule has 1 radical (unpaired) electrons. The van der Waals surface area contributed by atoms with Crippen LogP contribution < -0.4 is 0 Å². The number of hydrogen-bond acceptors (Lipinski definition) is 1. The van der Waals surface area contributed by atoms with Crippen molar-refractivity contribution < 1.29 is 32.7 Å². The maximum absolute atomic E-state index is 3.87. The summed E-state index contributed by atoms with van der Waals surface area (Å²) in [5.41, 5.74) is 0.709. The van der Waals surface area contributed by atoms with Crippen molar-refractivity contribution >= 4 is 6.21 Å². The van der Waals surface area contributed by atoms with Gasteiger partial charge in [-0.2, -0.15) is 24.9 Å². The van der Waals surface area contributed by atoms with Crippen LogP contribution in [0.2, 0.25) is 0 Å². The van der Waals surface area contributed by atoms with Gasteiger partial charge in [0, 0.05) is 32.7 Å². The average molecular weight is 252 g/mol. The molecule has 0 atom stereocenters. The number of hydrogen-bond donors (Lipinski definition) is 0. The normalized spacial score (nSPS) is 10.6. The first-order valence-electron chi connectivity index (χ1n) is 4.09.